The van der Waals surface area contributed by atoms with E-state index in [2.05, 4.69) is 0 Å². The Bertz CT molecular complexity index is 407. The van der Waals surface area contributed by atoms with Crippen molar-refractivity contribution in [3.8, 4) is 0 Å². The topological polar surface area (TPSA) is 91.1 Å². The molecule has 0 aromatic heterocycles. The van der Waals surface area contributed by atoms with E-state index in [4.69, 9.17) is 19.9 Å². The standard InChI is InChI=1S/C15H28N2O5/c1-6-21-12(18)9-15(16)7-8-17(10-11(15)20-5)13(19)22-14(2,3)4/h11H,6-10,16H2,1-5H3. The van der Waals surface area contributed by atoms with Gasteiger partial charge in [-0.15, -0.1) is 0 Å². The number of esters is 1. The Morgan fingerprint density at radius 3 is 2.50 bits per heavy atom. The number of hydrogen-bond acceptors (Lipinski definition) is 6. The molecule has 0 aliphatic carbocycles. The Balaban J connectivity index is 2.70. The molecule has 1 amide bonds. The molecule has 2 unspecified atom stereocenters. The first kappa shape index (κ1) is 18.7. The summed E-state index contributed by atoms with van der Waals surface area (Å²) in [7, 11) is 1.52. The molecule has 1 aliphatic rings. The lowest BCUT2D eigenvalue weighted by atomic mass is 9.83. The number of methoxy groups -OCH3 is 1. The number of nitrogens with two attached hydrogens (primary N) is 1. The molecule has 1 heterocycles. The van der Waals surface area contributed by atoms with Crippen LogP contribution in [0, 0.1) is 0 Å². The molecule has 0 bridgehead atoms. The Hall–Kier alpha value is -1.34. The summed E-state index contributed by atoms with van der Waals surface area (Å²) in [6.07, 6.45) is -0.323. The largest absolute Gasteiger partial charge is 0.466 e. The van der Waals surface area contributed by atoms with Gasteiger partial charge in [0.25, 0.3) is 0 Å². The molecular weight excluding hydrogens is 288 g/mol. The van der Waals surface area contributed by atoms with Crippen LogP contribution in [-0.4, -0.2) is 61.0 Å². The van der Waals surface area contributed by atoms with Gasteiger partial charge in [-0.1, -0.05) is 0 Å². The van der Waals surface area contributed by atoms with Crippen molar-refractivity contribution in [2.24, 2.45) is 5.73 Å². The highest BCUT2D eigenvalue weighted by atomic mass is 16.6. The second-order valence-electron chi connectivity index (χ2n) is 6.62. The van der Waals surface area contributed by atoms with Crippen molar-refractivity contribution >= 4 is 12.1 Å². The predicted molar refractivity (Wildman–Crippen MR) is 81.4 cm³/mol. The smallest absolute Gasteiger partial charge is 0.410 e. The molecule has 1 aliphatic heterocycles. The molecule has 0 saturated carbocycles. The monoisotopic (exact) mass is 316 g/mol. The van der Waals surface area contributed by atoms with E-state index in [1.807, 2.05) is 20.8 Å². The number of amides is 1. The van der Waals surface area contributed by atoms with E-state index in [0.717, 1.165) is 0 Å². The summed E-state index contributed by atoms with van der Waals surface area (Å²) >= 11 is 0. The minimum absolute atomic E-state index is 0.0709. The molecule has 0 aromatic carbocycles. The highest BCUT2D eigenvalue weighted by Crippen LogP contribution is 2.27. The molecule has 0 radical (unpaired) electrons. The van der Waals surface area contributed by atoms with Gasteiger partial charge in [0.1, 0.15) is 5.60 Å². The first-order valence-electron chi connectivity index (χ1n) is 7.56. The van der Waals surface area contributed by atoms with E-state index >= 15 is 0 Å². The van der Waals surface area contributed by atoms with Gasteiger partial charge in [-0.25, -0.2) is 4.79 Å². The quantitative estimate of drug-likeness (QED) is 0.786. The zero-order valence-corrected chi connectivity index (χ0v) is 14.2. The maximum absolute atomic E-state index is 12.1. The zero-order chi connectivity index (χ0) is 17.0. The van der Waals surface area contributed by atoms with Gasteiger partial charge in [-0.05, 0) is 34.1 Å². The minimum Gasteiger partial charge on any atom is -0.466 e. The lowest BCUT2D eigenvalue weighted by Crippen LogP contribution is -2.63. The van der Waals surface area contributed by atoms with Crippen LogP contribution in [0.2, 0.25) is 0 Å². The van der Waals surface area contributed by atoms with Crippen molar-refractivity contribution in [1.82, 2.24) is 4.90 Å². The molecule has 128 valence electrons. The molecule has 1 rings (SSSR count). The number of piperidine rings is 1. The van der Waals surface area contributed by atoms with Gasteiger partial charge in [0, 0.05) is 13.7 Å². The number of rotatable bonds is 4. The van der Waals surface area contributed by atoms with Gasteiger partial charge in [-0.3, -0.25) is 4.79 Å². The lowest BCUT2D eigenvalue weighted by Gasteiger charge is -2.44. The fourth-order valence-corrected chi connectivity index (χ4v) is 2.46. The number of nitrogens with zero attached hydrogens (tertiary/aromatic N) is 1. The number of carbonyl (C=O) groups is 2. The third kappa shape index (κ3) is 5.14. The first-order chi connectivity index (χ1) is 10.1. The van der Waals surface area contributed by atoms with Gasteiger partial charge < -0.3 is 24.8 Å². The van der Waals surface area contributed by atoms with E-state index in [1.54, 1.807) is 11.8 Å². The molecule has 7 nitrogen and oxygen atoms in total. The summed E-state index contributed by atoms with van der Waals surface area (Å²) in [5.74, 6) is -0.349. The van der Waals surface area contributed by atoms with E-state index < -0.39 is 23.3 Å². The second-order valence-corrected chi connectivity index (χ2v) is 6.62. The summed E-state index contributed by atoms with van der Waals surface area (Å²) in [5, 5.41) is 0. The van der Waals surface area contributed by atoms with Gasteiger partial charge in [0.05, 0.1) is 31.2 Å². The Morgan fingerprint density at radius 2 is 2.00 bits per heavy atom. The lowest BCUT2D eigenvalue weighted by molar-refractivity contribution is -0.147. The van der Waals surface area contributed by atoms with E-state index in [0.29, 0.717) is 26.1 Å². The van der Waals surface area contributed by atoms with Crippen LogP contribution in [-0.2, 0) is 19.0 Å². The normalized spacial score (nSPS) is 25.7. The molecule has 22 heavy (non-hydrogen) atoms. The van der Waals surface area contributed by atoms with Crippen LogP contribution < -0.4 is 5.73 Å². The van der Waals surface area contributed by atoms with Crippen LogP contribution in [0.25, 0.3) is 0 Å². The minimum atomic E-state index is -0.834. The van der Waals surface area contributed by atoms with Crippen LogP contribution >= 0.6 is 0 Å². The number of hydrogen-bond donors (Lipinski definition) is 1. The summed E-state index contributed by atoms with van der Waals surface area (Å²) < 4.78 is 15.7. The third-order valence-corrected chi connectivity index (χ3v) is 3.59. The van der Waals surface area contributed by atoms with Crippen molar-refractivity contribution < 1.29 is 23.8 Å². The van der Waals surface area contributed by atoms with Crippen LogP contribution in [0.3, 0.4) is 0 Å². The van der Waals surface area contributed by atoms with E-state index in [1.165, 1.54) is 7.11 Å². The van der Waals surface area contributed by atoms with Crippen LogP contribution in [0.4, 0.5) is 4.79 Å². The SMILES string of the molecule is CCOC(=O)CC1(N)CCN(C(=O)OC(C)(C)C)CC1OC. The highest BCUT2D eigenvalue weighted by Gasteiger charge is 2.44. The summed E-state index contributed by atoms with van der Waals surface area (Å²) in [6, 6.07) is 0. The van der Waals surface area contributed by atoms with E-state index in [-0.39, 0.29) is 12.4 Å². The average Bonchev–Trinajstić information content (AvgIpc) is 2.36. The number of likely N-dealkylation sites (tertiary alicyclic amines) is 1. The third-order valence-electron chi connectivity index (χ3n) is 3.59. The van der Waals surface area contributed by atoms with Crippen molar-refractivity contribution in [1.29, 1.82) is 0 Å². The maximum Gasteiger partial charge on any atom is 0.410 e. The fourth-order valence-electron chi connectivity index (χ4n) is 2.46. The van der Waals surface area contributed by atoms with Crippen LogP contribution in [0.15, 0.2) is 0 Å². The van der Waals surface area contributed by atoms with Gasteiger partial charge in [-0.2, -0.15) is 0 Å². The van der Waals surface area contributed by atoms with Crippen molar-refractivity contribution in [2.45, 2.75) is 57.8 Å². The molecule has 2 N–H and O–H groups in total. The van der Waals surface area contributed by atoms with E-state index in [9.17, 15) is 9.59 Å². The summed E-state index contributed by atoms with van der Waals surface area (Å²) in [4.78, 5) is 25.4. The molecular formula is C15H28N2O5. The Kier molecular flexibility index (Phi) is 6.19. The van der Waals surface area contributed by atoms with Gasteiger partial charge in [0.15, 0.2) is 0 Å². The molecule has 2 atom stereocenters. The second kappa shape index (κ2) is 7.28. The first-order valence-corrected chi connectivity index (χ1v) is 7.56. The van der Waals surface area contributed by atoms with Crippen LogP contribution in [0.1, 0.15) is 40.5 Å². The van der Waals surface area contributed by atoms with Gasteiger partial charge in [0.2, 0.25) is 0 Å². The average molecular weight is 316 g/mol. The van der Waals surface area contributed by atoms with Gasteiger partial charge >= 0.3 is 12.1 Å². The summed E-state index contributed by atoms with van der Waals surface area (Å²) in [6.45, 7) is 8.23. The predicted octanol–water partition coefficient (Wildman–Crippen LogP) is 1.29. The Morgan fingerprint density at radius 1 is 1.36 bits per heavy atom. The fraction of sp³-hybridized carbons (Fsp3) is 0.867. The van der Waals surface area contributed by atoms with Crippen LogP contribution in [0.5, 0.6) is 0 Å². The molecule has 1 fully saturated rings. The molecule has 0 aromatic rings. The Labute approximate surface area is 132 Å². The molecule has 1 saturated heterocycles. The van der Waals surface area contributed by atoms with Crippen molar-refractivity contribution in [3.63, 3.8) is 0 Å². The van der Waals surface area contributed by atoms with Crippen molar-refractivity contribution in [3.05, 3.63) is 0 Å². The number of carbonyl (C=O) groups excluding carboxylic acids is 2. The molecule has 0 spiro atoms. The van der Waals surface area contributed by atoms with Crippen molar-refractivity contribution in [2.75, 3.05) is 26.8 Å². The number of ether oxygens (including phenoxy) is 3. The summed E-state index contributed by atoms with van der Waals surface area (Å²) in [5.41, 5.74) is 4.94. The zero-order valence-electron chi connectivity index (χ0n) is 14.2. The molecule has 7 heteroatoms. The maximum atomic E-state index is 12.1. The highest BCUT2D eigenvalue weighted by molar-refractivity contribution is 5.71.